The van der Waals surface area contributed by atoms with Crippen molar-refractivity contribution in [2.75, 3.05) is 11.3 Å². The van der Waals surface area contributed by atoms with Gasteiger partial charge in [0.15, 0.2) is 5.84 Å². The van der Waals surface area contributed by atoms with Crippen molar-refractivity contribution in [1.82, 2.24) is 4.72 Å². The van der Waals surface area contributed by atoms with Gasteiger partial charge >= 0.3 is 0 Å². The van der Waals surface area contributed by atoms with Crippen molar-refractivity contribution < 1.29 is 13.6 Å². The molecule has 0 spiro atoms. The summed E-state index contributed by atoms with van der Waals surface area (Å²) in [7, 11) is -3.73. The highest BCUT2D eigenvalue weighted by Crippen LogP contribution is 2.23. The number of nitrogens with one attached hydrogen (secondary N) is 2. The summed E-state index contributed by atoms with van der Waals surface area (Å²) in [5.41, 5.74) is 5.93. The normalized spacial score (nSPS) is 12.7. The molecule has 0 bridgehead atoms. The Morgan fingerprint density at radius 1 is 1.50 bits per heavy atom. The highest BCUT2D eigenvalue weighted by atomic mass is 35.5. The second-order valence-corrected chi connectivity index (χ2v) is 6.43. The third-order valence-corrected chi connectivity index (χ3v) is 3.66. The van der Waals surface area contributed by atoms with Gasteiger partial charge in [-0.15, -0.1) is 0 Å². The number of halogens is 1. The first-order valence-electron chi connectivity index (χ1n) is 5.80. The fourth-order valence-corrected chi connectivity index (χ4v) is 2.58. The molecule has 0 unspecified atom stereocenters. The Hall–Kier alpha value is -1.51. The van der Waals surface area contributed by atoms with E-state index in [4.69, 9.17) is 22.5 Å². The minimum atomic E-state index is -3.73. The van der Waals surface area contributed by atoms with Crippen molar-refractivity contribution in [1.29, 1.82) is 0 Å². The molecule has 0 aromatic heterocycles. The number of oxime groups is 1. The fourth-order valence-electron chi connectivity index (χ4n) is 1.28. The molecule has 5 N–H and O–H groups in total. The molecule has 0 aliphatic carbocycles. The predicted octanol–water partition coefficient (Wildman–Crippen LogP) is 1.34. The van der Waals surface area contributed by atoms with E-state index in [1.807, 2.05) is 13.8 Å². The van der Waals surface area contributed by atoms with E-state index in [1.54, 1.807) is 0 Å². The van der Waals surface area contributed by atoms with Crippen LogP contribution in [-0.2, 0) is 10.2 Å². The van der Waals surface area contributed by atoms with Gasteiger partial charge in [0.25, 0.3) is 10.2 Å². The Labute approximate surface area is 123 Å². The number of rotatable bonds is 6. The van der Waals surface area contributed by atoms with E-state index >= 15 is 0 Å². The van der Waals surface area contributed by atoms with Gasteiger partial charge < -0.3 is 10.9 Å². The molecule has 0 saturated carbocycles. The molecule has 0 heterocycles. The van der Waals surface area contributed by atoms with Gasteiger partial charge in [-0.25, -0.2) is 0 Å². The van der Waals surface area contributed by atoms with E-state index in [9.17, 15) is 8.42 Å². The maximum absolute atomic E-state index is 11.8. The molecule has 1 aromatic rings. The standard InChI is InChI=1S/C11H17ClN4O3S/c1-7(2)6-14-20(18,19)16-10-5-8(11(13)15-17)3-4-9(10)12/h3-5,7,14,16-17H,6H2,1-2H3,(H2,13,15). The number of benzene rings is 1. The molecule has 1 aromatic carbocycles. The second kappa shape index (κ2) is 6.78. The van der Waals surface area contributed by atoms with Gasteiger partial charge in [-0.1, -0.05) is 30.6 Å². The second-order valence-electron chi connectivity index (χ2n) is 4.53. The number of nitrogens with zero attached hydrogens (tertiary/aromatic N) is 1. The van der Waals surface area contributed by atoms with Crippen LogP contribution < -0.4 is 15.2 Å². The number of amidine groups is 1. The number of hydrogen-bond acceptors (Lipinski definition) is 4. The van der Waals surface area contributed by atoms with Gasteiger partial charge in [-0.2, -0.15) is 13.1 Å². The van der Waals surface area contributed by atoms with Gasteiger partial charge in [0.1, 0.15) is 0 Å². The highest BCUT2D eigenvalue weighted by Gasteiger charge is 2.13. The summed E-state index contributed by atoms with van der Waals surface area (Å²) in [6.45, 7) is 4.07. The van der Waals surface area contributed by atoms with Crippen LogP contribution in [0.25, 0.3) is 0 Å². The third kappa shape index (κ3) is 4.87. The van der Waals surface area contributed by atoms with Crippen molar-refractivity contribution in [2.45, 2.75) is 13.8 Å². The van der Waals surface area contributed by atoms with Crippen LogP contribution in [0.4, 0.5) is 5.69 Å². The molecular weight excluding hydrogens is 304 g/mol. The van der Waals surface area contributed by atoms with E-state index < -0.39 is 10.2 Å². The molecular formula is C11H17ClN4O3S. The van der Waals surface area contributed by atoms with E-state index in [0.29, 0.717) is 12.1 Å². The zero-order valence-corrected chi connectivity index (χ0v) is 12.7. The molecule has 0 saturated heterocycles. The van der Waals surface area contributed by atoms with Crippen LogP contribution in [0.15, 0.2) is 23.4 Å². The average molecular weight is 321 g/mol. The van der Waals surface area contributed by atoms with E-state index in [2.05, 4.69) is 14.6 Å². The summed E-state index contributed by atoms with van der Waals surface area (Å²) in [6, 6.07) is 4.35. The van der Waals surface area contributed by atoms with E-state index in [0.717, 1.165) is 0 Å². The van der Waals surface area contributed by atoms with Crippen LogP contribution in [0, 0.1) is 5.92 Å². The predicted molar refractivity (Wildman–Crippen MR) is 79.3 cm³/mol. The van der Waals surface area contributed by atoms with Crippen molar-refractivity contribution in [3.63, 3.8) is 0 Å². The molecule has 0 aliphatic heterocycles. The number of anilines is 1. The third-order valence-electron chi connectivity index (χ3n) is 2.30. The van der Waals surface area contributed by atoms with Crippen LogP contribution in [-0.4, -0.2) is 26.0 Å². The molecule has 0 fully saturated rings. The fraction of sp³-hybridized carbons (Fsp3) is 0.364. The van der Waals surface area contributed by atoms with Gasteiger partial charge in [-0.3, -0.25) is 4.72 Å². The monoisotopic (exact) mass is 320 g/mol. The maximum atomic E-state index is 11.8. The minimum absolute atomic E-state index is 0.141. The molecule has 20 heavy (non-hydrogen) atoms. The highest BCUT2D eigenvalue weighted by molar-refractivity contribution is 7.90. The van der Waals surface area contributed by atoms with Crippen LogP contribution in [0.3, 0.4) is 0 Å². The smallest absolute Gasteiger partial charge is 0.299 e. The first kappa shape index (κ1) is 16.5. The van der Waals surface area contributed by atoms with Gasteiger partial charge in [-0.05, 0) is 24.1 Å². The number of nitrogens with two attached hydrogens (primary N) is 1. The summed E-state index contributed by atoms with van der Waals surface area (Å²) < 4.78 is 28.3. The average Bonchev–Trinajstić information content (AvgIpc) is 2.38. The van der Waals surface area contributed by atoms with Crippen LogP contribution in [0.5, 0.6) is 0 Å². The quantitative estimate of drug-likeness (QED) is 0.274. The Balaban J connectivity index is 2.97. The lowest BCUT2D eigenvalue weighted by Crippen LogP contribution is -2.33. The van der Waals surface area contributed by atoms with Crippen LogP contribution >= 0.6 is 11.6 Å². The summed E-state index contributed by atoms with van der Waals surface area (Å²) in [5.74, 6) is 0.0304. The van der Waals surface area contributed by atoms with Crippen molar-refractivity contribution in [3.8, 4) is 0 Å². The summed E-state index contributed by atoms with van der Waals surface area (Å²) >= 11 is 5.91. The lowest BCUT2D eigenvalue weighted by atomic mass is 10.2. The van der Waals surface area contributed by atoms with E-state index in [-0.39, 0.29) is 22.5 Å². The molecule has 0 atom stereocenters. The Bertz CT molecular complexity index is 602. The Morgan fingerprint density at radius 3 is 2.70 bits per heavy atom. The molecule has 1 rings (SSSR count). The lowest BCUT2D eigenvalue weighted by molar-refractivity contribution is 0.318. The van der Waals surface area contributed by atoms with Crippen molar-refractivity contribution in [3.05, 3.63) is 28.8 Å². The molecule has 9 heteroatoms. The summed E-state index contributed by atoms with van der Waals surface area (Å²) in [6.07, 6.45) is 0. The van der Waals surface area contributed by atoms with Crippen molar-refractivity contribution in [2.24, 2.45) is 16.8 Å². The Morgan fingerprint density at radius 2 is 2.15 bits per heavy atom. The van der Waals surface area contributed by atoms with Gasteiger partial charge in [0.05, 0.1) is 10.7 Å². The van der Waals surface area contributed by atoms with E-state index in [1.165, 1.54) is 18.2 Å². The molecule has 0 radical (unpaired) electrons. The topological polar surface area (TPSA) is 117 Å². The molecule has 0 amide bonds. The molecule has 7 nitrogen and oxygen atoms in total. The summed E-state index contributed by atoms with van der Waals surface area (Å²) in [4.78, 5) is 0. The Kier molecular flexibility index (Phi) is 5.61. The zero-order chi connectivity index (χ0) is 15.3. The minimum Gasteiger partial charge on any atom is -0.409 e. The first-order chi connectivity index (χ1) is 9.25. The van der Waals surface area contributed by atoms with Crippen molar-refractivity contribution >= 4 is 33.3 Å². The molecule has 112 valence electrons. The van der Waals surface area contributed by atoms with Crippen LogP contribution in [0.2, 0.25) is 5.02 Å². The SMILES string of the molecule is CC(C)CNS(=O)(=O)Nc1cc(/C(N)=N/O)ccc1Cl. The summed E-state index contributed by atoms with van der Waals surface area (Å²) in [5, 5.41) is 11.7. The number of hydrogen-bond donors (Lipinski definition) is 4. The van der Waals surface area contributed by atoms with Gasteiger partial charge in [0, 0.05) is 12.1 Å². The lowest BCUT2D eigenvalue weighted by Gasteiger charge is -2.12. The molecule has 0 aliphatic rings. The zero-order valence-electron chi connectivity index (χ0n) is 11.1. The maximum Gasteiger partial charge on any atom is 0.299 e. The largest absolute Gasteiger partial charge is 0.409 e. The van der Waals surface area contributed by atoms with Crippen LogP contribution in [0.1, 0.15) is 19.4 Å². The first-order valence-corrected chi connectivity index (χ1v) is 7.66. The van der Waals surface area contributed by atoms with Gasteiger partial charge in [0.2, 0.25) is 0 Å².